The van der Waals surface area contributed by atoms with E-state index in [2.05, 4.69) is 20.3 Å². The standard InChI is InChI=1S/C12H13BrF3NOS/c1-11(2,3)19(18)17-7-8-4-5-9(6-10(8)13)12(14,15)16/h4-7H,1-3H3/t19-/m1/s1. The van der Waals surface area contributed by atoms with E-state index in [1.165, 1.54) is 12.3 Å². The molecule has 1 atom stereocenters. The van der Waals surface area contributed by atoms with Crippen LogP contribution in [0.25, 0.3) is 0 Å². The lowest BCUT2D eigenvalue weighted by molar-refractivity contribution is -0.137. The summed E-state index contributed by atoms with van der Waals surface area (Å²) in [6, 6.07) is 3.23. The van der Waals surface area contributed by atoms with Gasteiger partial charge >= 0.3 is 6.18 Å². The summed E-state index contributed by atoms with van der Waals surface area (Å²) in [5.41, 5.74) is -0.293. The summed E-state index contributed by atoms with van der Waals surface area (Å²) >= 11 is 3.05. The van der Waals surface area contributed by atoms with Gasteiger partial charge in [0.05, 0.1) is 10.3 Å². The summed E-state index contributed by atoms with van der Waals surface area (Å²) in [5.74, 6) is 0. The van der Waals surface area contributed by atoms with Crippen molar-refractivity contribution in [2.75, 3.05) is 0 Å². The third-order valence-corrected chi connectivity index (χ3v) is 4.17. The zero-order chi connectivity index (χ0) is 14.8. The van der Waals surface area contributed by atoms with Gasteiger partial charge in [0.2, 0.25) is 0 Å². The fourth-order valence-corrected chi connectivity index (χ4v) is 2.08. The molecule has 0 radical (unpaired) electrons. The second-order valence-corrected chi connectivity index (χ2v) is 7.62. The molecule has 1 aromatic carbocycles. The quantitative estimate of drug-likeness (QED) is 0.725. The first kappa shape index (κ1) is 16.4. The van der Waals surface area contributed by atoms with E-state index in [1.807, 2.05) is 0 Å². The van der Waals surface area contributed by atoms with Gasteiger partial charge in [-0.3, -0.25) is 0 Å². The van der Waals surface area contributed by atoms with Gasteiger partial charge in [0, 0.05) is 16.3 Å². The molecule has 2 nitrogen and oxygen atoms in total. The van der Waals surface area contributed by atoms with Crippen LogP contribution in [0.4, 0.5) is 13.2 Å². The van der Waals surface area contributed by atoms with E-state index in [0.717, 1.165) is 12.1 Å². The lowest BCUT2D eigenvalue weighted by Gasteiger charge is -2.13. The predicted molar refractivity (Wildman–Crippen MR) is 74.6 cm³/mol. The van der Waals surface area contributed by atoms with Crippen LogP contribution < -0.4 is 0 Å². The summed E-state index contributed by atoms with van der Waals surface area (Å²) in [6.07, 6.45) is -3.07. The van der Waals surface area contributed by atoms with E-state index in [0.29, 0.717) is 5.56 Å². The summed E-state index contributed by atoms with van der Waals surface area (Å²) < 4.78 is 52.7. The van der Waals surface area contributed by atoms with Gasteiger partial charge in [0.25, 0.3) is 0 Å². The SMILES string of the molecule is CC(C)(C)[S@@](=O)N=Cc1ccc(C(F)(F)F)cc1Br. The van der Waals surface area contributed by atoms with Gasteiger partial charge in [-0.25, -0.2) is 4.21 Å². The second kappa shape index (κ2) is 5.75. The van der Waals surface area contributed by atoms with Crippen LogP contribution in [-0.2, 0) is 17.2 Å². The van der Waals surface area contributed by atoms with Crippen molar-refractivity contribution < 1.29 is 17.4 Å². The minimum Gasteiger partial charge on any atom is -0.234 e. The molecule has 0 bridgehead atoms. The van der Waals surface area contributed by atoms with Gasteiger partial charge < -0.3 is 0 Å². The zero-order valence-electron chi connectivity index (χ0n) is 10.6. The molecule has 106 valence electrons. The second-order valence-electron chi connectivity index (χ2n) is 4.83. The number of rotatable bonds is 2. The summed E-state index contributed by atoms with van der Waals surface area (Å²) in [6.45, 7) is 5.30. The van der Waals surface area contributed by atoms with E-state index < -0.39 is 27.5 Å². The van der Waals surface area contributed by atoms with Crippen molar-refractivity contribution in [1.82, 2.24) is 0 Å². The molecule has 0 aromatic heterocycles. The van der Waals surface area contributed by atoms with Crippen molar-refractivity contribution in [1.29, 1.82) is 0 Å². The zero-order valence-corrected chi connectivity index (χ0v) is 13.0. The van der Waals surface area contributed by atoms with Crippen LogP contribution in [0.5, 0.6) is 0 Å². The molecule has 0 unspecified atom stereocenters. The van der Waals surface area contributed by atoms with Gasteiger partial charge in [0.1, 0.15) is 11.0 Å². The van der Waals surface area contributed by atoms with E-state index in [4.69, 9.17) is 0 Å². The molecule has 0 saturated heterocycles. The topological polar surface area (TPSA) is 29.4 Å². The van der Waals surface area contributed by atoms with Crippen molar-refractivity contribution >= 4 is 33.1 Å². The van der Waals surface area contributed by atoms with Crippen molar-refractivity contribution in [2.24, 2.45) is 4.40 Å². The molecule has 0 N–H and O–H groups in total. The molecule has 7 heteroatoms. The molecule has 0 spiro atoms. The smallest absolute Gasteiger partial charge is 0.234 e. The average Bonchev–Trinajstić information content (AvgIpc) is 2.24. The Bertz CT molecular complexity index is 521. The summed E-state index contributed by atoms with van der Waals surface area (Å²) in [7, 11) is -1.44. The third kappa shape index (κ3) is 4.72. The van der Waals surface area contributed by atoms with Gasteiger partial charge in [-0.05, 0) is 32.9 Å². The third-order valence-electron chi connectivity index (χ3n) is 2.14. The van der Waals surface area contributed by atoms with Crippen LogP contribution in [-0.4, -0.2) is 15.2 Å². The van der Waals surface area contributed by atoms with Gasteiger partial charge in [-0.15, -0.1) is 0 Å². The maximum atomic E-state index is 12.5. The van der Waals surface area contributed by atoms with Crippen molar-refractivity contribution in [2.45, 2.75) is 31.7 Å². The highest BCUT2D eigenvalue weighted by Crippen LogP contribution is 2.31. The molecule has 0 amide bonds. The van der Waals surface area contributed by atoms with Gasteiger partial charge in [0.15, 0.2) is 0 Å². The minimum absolute atomic E-state index is 0.261. The summed E-state index contributed by atoms with van der Waals surface area (Å²) in [4.78, 5) is 0. The maximum absolute atomic E-state index is 12.5. The molecule has 0 fully saturated rings. The Labute approximate surface area is 120 Å². The highest BCUT2D eigenvalue weighted by Gasteiger charge is 2.30. The average molecular weight is 356 g/mol. The van der Waals surface area contributed by atoms with Crippen molar-refractivity contribution in [3.63, 3.8) is 0 Å². The molecule has 0 aliphatic heterocycles. The number of nitrogens with zero attached hydrogens (tertiary/aromatic N) is 1. The minimum atomic E-state index is -4.38. The van der Waals surface area contributed by atoms with Crippen LogP contribution in [0, 0.1) is 0 Å². The fourth-order valence-electron chi connectivity index (χ4n) is 1.07. The Morgan fingerprint density at radius 2 is 1.84 bits per heavy atom. The number of hydrogen-bond donors (Lipinski definition) is 0. The highest BCUT2D eigenvalue weighted by molar-refractivity contribution is 9.10. The lowest BCUT2D eigenvalue weighted by atomic mass is 10.1. The molecule has 1 rings (SSSR count). The highest BCUT2D eigenvalue weighted by atomic mass is 79.9. The number of hydrogen-bond acceptors (Lipinski definition) is 1. The van der Waals surface area contributed by atoms with E-state index in [9.17, 15) is 17.4 Å². The van der Waals surface area contributed by atoms with Crippen LogP contribution in [0.1, 0.15) is 31.9 Å². The first-order chi connectivity index (χ1) is 8.51. The molecule has 0 aliphatic rings. The van der Waals surface area contributed by atoms with Crippen LogP contribution in [0.2, 0.25) is 0 Å². The Balaban J connectivity index is 2.99. The van der Waals surface area contributed by atoms with E-state index in [1.54, 1.807) is 20.8 Å². The molecule has 0 heterocycles. The Kier molecular flexibility index (Phi) is 4.95. The molecule has 0 aliphatic carbocycles. The molecule has 1 aromatic rings. The summed E-state index contributed by atoms with van der Waals surface area (Å²) in [5, 5.41) is 0. The van der Waals surface area contributed by atoms with Gasteiger partial charge in [-0.1, -0.05) is 22.0 Å². The number of halogens is 4. The number of benzene rings is 1. The largest absolute Gasteiger partial charge is 0.416 e. The van der Waals surface area contributed by atoms with Gasteiger partial charge in [-0.2, -0.15) is 17.6 Å². The van der Waals surface area contributed by atoms with Crippen LogP contribution in [0.15, 0.2) is 27.1 Å². The first-order valence-electron chi connectivity index (χ1n) is 5.34. The number of alkyl halides is 3. The molecule has 19 heavy (non-hydrogen) atoms. The predicted octanol–water partition coefficient (Wildman–Crippen LogP) is 4.35. The molecule has 0 saturated carbocycles. The Morgan fingerprint density at radius 3 is 2.26 bits per heavy atom. The lowest BCUT2D eigenvalue weighted by Crippen LogP contribution is -2.19. The Hall–Kier alpha value is -0.690. The maximum Gasteiger partial charge on any atom is 0.416 e. The van der Waals surface area contributed by atoms with Crippen LogP contribution in [0.3, 0.4) is 0 Å². The van der Waals surface area contributed by atoms with E-state index in [-0.39, 0.29) is 4.47 Å². The van der Waals surface area contributed by atoms with Crippen molar-refractivity contribution in [3.05, 3.63) is 33.8 Å². The Morgan fingerprint density at radius 1 is 1.26 bits per heavy atom. The monoisotopic (exact) mass is 355 g/mol. The normalized spacial score (nSPS) is 14.9. The van der Waals surface area contributed by atoms with Crippen molar-refractivity contribution in [3.8, 4) is 0 Å². The first-order valence-corrected chi connectivity index (χ1v) is 7.24. The molecular formula is C12H13BrF3NOS. The van der Waals surface area contributed by atoms with Crippen LogP contribution >= 0.6 is 15.9 Å². The van der Waals surface area contributed by atoms with E-state index >= 15 is 0 Å². The molecular weight excluding hydrogens is 343 g/mol. The fraction of sp³-hybridized carbons (Fsp3) is 0.417.